The standard InChI is InChI=1S/C21H19NO2/c23-16-19-11-12-20(13-21(19)24)22(14-17-7-3-1-4-8-17)15-18-9-5-2-6-10-18/h1-13,16,24H,14-15H2. The van der Waals surface area contributed by atoms with Gasteiger partial charge in [0.1, 0.15) is 5.75 Å². The van der Waals surface area contributed by atoms with Gasteiger partial charge in [0.15, 0.2) is 6.29 Å². The van der Waals surface area contributed by atoms with E-state index in [1.165, 1.54) is 11.1 Å². The van der Waals surface area contributed by atoms with Crippen molar-refractivity contribution in [1.82, 2.24) is 0 Å². The van der Waals surface area contributed by atoms with Gasteiger partial charge in [0.05, 0.1) is 5.56 Å². The zero-order valence-corrected chi connectivity index (χ0v) is 13.3. The number of carbonyl (C=O) groups excluding carboxylic acids is 1. The smallest absolute Gasteiger partial charge is 0.153 e. The Morgan fingerprint density at radius 2 is 1.33 bits per heavy atom. The summed E-state index contributed by atoms with van der Waals surface area (Å²) in [5.41, 5.74) is 3.56. The van der Waals surface area contributed by atoms with Crippen LogP contribution in [0.3, 0.4) is 0 Å². The third-order valence-corrected chi connectivity index (χ3v) is 3.94. The molecule has 3 rings (SSSR count). The van der Waals surface area contributed by atoms with Crippen molar-refractivity contribution in [2.75, 3.05) is 4.90 Å². The molecule has 3 aromatic carbocycles. The zero-order valence-electron chi connectivity index (χ0n) is 13.3. The van der Waals surface area contributed by atoms with E-state index in [1.807, 2.05) is 42.5 Å². The molecule has 0 atom stereocenters. The number of aromatic hydroxyl groups is 1. The Bertz CT molecular complexity index is 759. The summed E-state index contributed by atoms with van der Waals surface area (Å²) in [6.07, 6.45) is 0.665. The molecule has 3 heteroatoms. The first-order chi connectivity index (χ1) is 11.8. The highest BCUT2D eigenvalue weighted by Gasteiger charge is 2.11. The molecule has 120 valence electrons. The Morgan fingerprint density at radius 1 is 0.792 bits per heavy atom. The second-order valence-electron chi connectivity index (χ2n) is 5.69. The van der Waals surface area contributed by atoms with E-state index in [2.05, 4.69) is 29.2 Å². The maximum Gasteiger partial charge on any atom is 0.153 e. The fourth-order valence-electron chi connectivity index (χ4n) is 2.67. The van der Waals surface area contributed by atoms with Crippen molar-refractivity contribution >= 4 is 12.0 Å². The second-order valence-corrected chi connectivity index (χ2v) is 5.69. The van der Waals surface area contributed by atoms with Gasteiger partial charge in [0.2, 0.25) is 0 Å². The van der Waals surface area contributed by atoms with Crippen molar-refractivity contribution in [2.24, 2.45) is 0 Å². The molecule has 1 N–H and O–H groups in total. The quantitative estimate of drug-likeness (QED) is 0.685. The van der Waals surface area contributed by atoms with E-state index >= 15 is 0 Å². The van der Waals surface area contributed by atoms with Gasteiger partial charge in [-0.2, -0.15) is 0 Å². The van der Waals surface area contributed by atoms with Crippen molar-refractivity contribution in [2.45, 2.75) is 13.1 Å². The van der Waals surface area contributed by atoms with E-state index in [-0.39, 0.29) is 5.75 Å². The molecule has 0 radical (unpaired) electrons. The first kappa shape index (κ1) is 15.8. The molecule has 24 heavy (non-hydrogen) atoms. The van der Waals surface area contributed by atoms with Crippen LogP contribution in [0.4, 0.5) is 5.69 Å². The lowest BCUT2D eigenvalue weighted by atomic mass is 10.1. The number of aldehydes is 1. The Labute approximate surface area is 141 Å². The molecular weight excluding hydrogens is 298 g/mol. The summed E-state index contributed by atoms with van der Waals surface area (Å²) in [5.74, 6) is 0.00798. The van der Waals surface area contributed by atoms with Gasteiger partial charge in [-0.15, -0.1) is 0 Å². The fraction of sp³-hybridized carbons (Fsp3) is 0.0952. The zero-order chi connectivity index (χ0) is 16.8. The van der Waals surface area contributed by atoms with Crippen molar-refractivity contribution in [1.29, 1.82) is 0 Å². The van der Waals surface area contributed by atoms with Crippen molar-refractivity contribution < 1.29 is 9.90 Å². The second kappa shape index (κ2) is 7.47. The van der Waals surface area contributed by atoms with Crippen LogP contribution in [0, 0.1) is 0 Å². The number of phenolic OH excluding ortho intramolecular Hbond substituents is 1. The Morgan fingerprint density at radius 3 is 1.79 bits per heavy atom. The van der Waals surface area contributed by atoms with E-state index in [9.17, 15) is 9.90 Å². The molecule has 0 aliphatic heterocycles. The minimum absolute atomic E-state index is 0.00798. The number of hydrogen-bond donors (Lipinski definition) is 1. The van der Waals surface area contributed by atoms with Gasteiger partial charge in [-0.05, 0) is 23.3 Å². The van der Waals surface area contributed by atoms with Crippen LogP contribution in [0.1, 0.15) is 21.5 Å². The minimum Gasteiger partial charge on any atom is -0.507 e. The Hall–Kier alpha value is -3.07. The molecule has 0 bridgehead atoms. The molecule has 0 heterocycles. The highest BCUT2D eigenvalue weighted by Crippen LogP contribution is 2.26. The lowest BCUT2D eigenvalue weighted by molar-refractivity contribution is 0.112. The summed E-state index contributed by atoms with van der Waals surface area (Å²) in [6, 6.07) is 25.6. The maximum absolute atomic E-state index is 10.9. The Balaban J connectivity index is 1.91. The van der Waals surface area contributed by atoms with Crippen molar-refractivity contribution in [3.05, 3.63) is 95.6 Å². The first-order valence-corrected chi connectivity index (χ1v) is 7.87. The Kier molecular flexibility index (Phi) is 4.92. The molecule has 0 aromatic heterocycles. The van der Waals surface area contributed by atoms with Crippen LogP contribution < -0.4 is 4.90 Å². The first-order valence-electron chi connectivity index (χ1n) is 7.87. The number of carbonyl (C=O) groups is 1. The van der Waals surface area contributed by atoms with Crippen LogP contribution in [0.5, 0.6) is 5.75 Å². The molecule has 0 unspecified atom stereocenters. The van der Waals surface area contributed by atoms with E-state index in [1.54, 1.807) is 12.1 Å². The topological polar surface area (TPSA) is 40.5 Å². The van der Waals surface area contributed by atoms with Crippen LogP contribution in [-0.2, 0) is 13.1 Å². The van der Waals surface area contributed by atoms with E-state index in [4.69, 9.17) is 0 Å². The summed E-state index contributed by atoms with van der Waals surface area (Å²) in [5, 5.41) is 10.0. The monoisotopic (exact) mass is 317 g/mol. The van der Waals surface area contributed by atoms with E-state index in [0.29, 0.717) is 11.8 Å². The molecule has 0 fully saturated rings. The number of nitrogens with zero attached hydrogens (tertiary/aromatic N) is 1. The number of rotatable bonds is 6. The number of phenols is 1. The molecule has 0 aliphatic rings. The number of benzene rings is 3. The lowest BCUT2D eigenvalue weighted by Crippen LogP contribution is -2.22. The largest absolute Gasteiger partial charge is 0.507 e. The predicted molar refractivity (Wildman–Crippen MR) is 96.3 cm³/mol. The van der Waals surface area contributed by atoms with Gasteiger partial charge in [-0.25, -0.2) is 0 Å². The summed E-state index contributed by atoms with van der Waals surface area (Å²) >= 11 is 0. The highest BCUT2D eigenvalue weighted by molar-refractivity contribution is 5.80. The van der Waals surface area contributed by atoms with Gasteiger partial charge in [-0.3, -0.25) is 4.79 Å². The molecule has 0 saturated heterocycles. The molecule has 0 saturated carbocycles. The molecule has 3 nitrogen and oxygen atoms in total. The third-order valence-electron chi connectivity index (χ3n) is 3.94. The minimum atomic E-state index is 0.00798. The van der Waals surface area contributed by atoms with Crippen LogP contribution in [0.15, 0.2) is 78.9 Å². The van der Waals surface area contributed by atoms with Crippen LogP contribution in [0.25, 0.3) is 0 Å². The van der Waals surface area contributed by atoms with Gasteiger partial charge < -0.3 is 10.0 Å². The highest BCUT2D eigenvalue weighted by atomic mass is 16.3. The van der Waals surface area contributed by atoms with Gasteiger partial charge in [-0.1, -0.05) is 60.7 Å². The third kappa shape index (κ3) is 3.82. The average molecular weight is 317 g/mol. The average Bonchev–Trinajstić information content (AvgIpc) is 2.63. The number of anilines is 1. The molecule has 3 aromatic rings. The predicted octanol–water partition coefficient (Wildman–Crippen LogP) is 4.41. The SMILES string of the molecule is O=Cc1ccc(N(Cc2ccccc2)Cc2ccccc2)cc1O. The van der Waals surface area contributed by atoms with Gasteiger partial charge in [0.25, 0.3) is 0 Å². The molecular formula is C21H19NO2. The van der Waals surface area contributed by atoms with Crippen molar-refractivity contribution in [3.8, 4) is 5.75 Å². The van der Waals surface area contributed by atoms with Crippen molar-refractivity contribution in [3.63, 3.8) is 0 Å². The lowest BCUT2D eigenvalue weighted by Gasteiger charge is -2.25. The van der Waals surface area contributed by atoms with Gasteiger partial charge in [0, 0.05) is 24.8 Å². The molecule has 0 spiro atoms. The summed E-state index contributed by atoms with van der Waals surface area (Å²) in [7, 11) is 0. The maximum atomic E-state index is 10.9. The summed E-state index contributed by atoms with van der Waals surface area (Å²) in [4.78, 5) is 13.1. The molecule has 0 aliphatic carbocycles. The van der Waals surface area contributed by atoms with Crippen LogP contribution in [-0.4, -0.2) is 11.4 Å². The number of hydrogen-bond acceptors (Lipinski definition) is 3. The van der Waals surface area contributed by atoms with Gasteiger partial charge >= 0.3 is 0 Å². The molecule has 0 amide bonds. The van der Waals surface area contributed by atoms with E-state index < -0.39 is 0 Å². The fourth-order valence-corrected chi connectivity index (χ4v) is 2.67. The van der Waals surface area contributed by atoms with Crippen LogP contribution in [0.2, 0.25) is 0 Å². The summed E-state index contributed by atoms with van der Waals surface area (Å²) in [6.45, 7) is 1.44. The van der Waals surface area contributed by atoms with E-state index in [0.717, 1.165) is 18.8 Å². The normalized spacial score (nSPS) is 10.3. The summed E-state index contributed by atoms with van der Waals surface area (Å²) < 4.78 is 0. The van der Waals surface area contributed by atoms with Crippen LogP contribution >= 0.6 is 0 Å².